The predicted molar refractivity (Wildman–Crippen MR) is 71.7 cm³/mol. The van der Waals surface area contributed by atoms with E-state index in [1.165, 1.54) is 6.42 Å². The van der Waals surface area contributed by atoms with E-state index in [1.807, 2.05) is 13.0 Å². The molecule has 4 heteroatoms. The van der Waals surface area contributed by atoms with E-state index >= 15 is 0 Å². The van der Waals surface area contributed by atoms with Gasteiger partial charge in [-0.25, -0.2) is 0 Å². The van der Waals surface area contributed by atoms with E-state index in [2.05, 4.69) is 11.9 Å². The third-order valence-electron chi connectivity index (χ3n) is 3.28. The molecule has 3 nitrogen and oxygen atoms in total. The van der Waals surface area contributed by atoms with Gasteiger partial charge in [0.1, 0.15) is 5.75 Å². The normalized spacial score (nSPS) is 20.8. The van der Waals surface area contributed by atoms with Gasteiger partial charge in [-0.1, -0.05) is 11.6 Å². The van der Waals surface area contributed by atoms with Crippen molar-refractivity contribution in [3.8, 4) is 5.75 Å². The number of nitrogen functional groups attached to an aromatic ring is 1. The van der Waals surface area contributed by atoms with E-state index in [-0.39, 0.29) is 0 Å². The molecule has 0 aromatic heterocycles. The summed E-state index contributed by atoms with van der Waals surface area (Å²) in [5.41, 5.74) is 7.38. The highest BCUT2D eigenvalue weighted by atomic mass is 35.5. The van der Waals surface area contributed by atoms with Crippen LogP contribution in [0.15, 0.2) is 12.1 Å². The summed E-state index contributed by atoms with van der Waals surface area (Å²) in [5.74, 6) is 1.42. The molecule has 94 valence electrons. The van der Waals surface area contributed by atoms with Crippen molar-refractivity contribution in [2.24, 2.45) is 5.92 Å². The van der Waals surface area contributed by atoms with Gasteiger partial charge in [-0.15, -0.1) is 0 Å². The molecular formula is C13H19ClN2O. The van der Waals surface area contributed by atoms with Crippen molar-refractivity contribution in [2.75, 3.05) is 32.5 Å². The van der Waals surface area contributed by atoms with Crippen LogP contribution in [0.4, 0.5) is 5.69 Å². The van der Waals surface area contributed by atoms with Crippen LogP contribution in [0.2, 0.25) is 5.02 Å². The van der Waals surface area contributed by atoms with Crippen LogP contribution in [0.3, 0.4) is 0 Å². The Bertz CT molecular complexity index is 409. The molecule has 0 spiro atoms. The fourth-order valence-corrected chi connectivity index (χ4v) is 2.41. The molecule has 17 heavy (non-hydrogen) atoms. The second kappa shape index (κ2) is 5.15. The summed E-state index contributed by atoms with van der Waals surface area (Å²) in [4.78, 5) is 2.33. The lowest BCUT2D eigenvalue weighted by molar-refractivity contribution is 0.248. The van der Waals surface area contributed by atoms with Gasteiger partial charge in [0, 0.05) is 34.8 Å². The molecule has 1 aliphatic rings. The SMILES string of the molecule is Cc1c(Cl)cc(N)cc1OCC1CCN(C)C1. The van der Waals surface area contributed by atoms with Crippen LogP contribution in [-0.2, 0) is 0 Å². The molecule has 2 rings (SSSR count). The van der Waals surface area contributed by atoms with Crippen LogP contribution in [0, 0.1) is 12.8 Å². The molecule has 1 aliphatic heterocycles. The lowest BCUT2D eigenvalue weighted by Gasteiger charge is -2.15. The van der Waals surface area contributed by atoms with Crippen molar-refractivity contribution >= 4 is 17.3 Å². The van der Waals surface area contributed by atoms with Gasteiger partial charge in [0.05, 0.1) is 6.61 Å². The summed E-state index contributed by atoms with van der Waals surface area (Å²) in [6, 6.07) is 3.60. The zero-order chi connectivity index (χ0) is 12.4. The summed E-state index contributed by atoms with van der Waals surface area (Å²) < 4.78 is 5.84. The Morgan fingerprint density at radius 3 is 2.94 bits per heavy atom. The van der Waals surface area contributed by atoms with Gasteiger partial charge >= 0.3 is 0 Å². The van der Waals surface area contributed by atoms with Gasteiger partial charge in [0.2, 0.25) is 0 Å². The summed E-state index contributed by atoms with van der Waals surface area (Å²) in [5, 5.41) is 0.670. The van der Waals surface area contributed by atoms with E-state index in [0.717, 1.165) is 31.0 Å². The quantitative estimate of drug-likeness (QED) is 0.843. The molecule has 1 heterocycles. The number of nitrogens with zero attached hydrogens (tertiary/aromatic N) is 1. The largest absolute Gasteiger partial charge is 0.493 e. The number of hydrogen-bond acceptors (Lipinski definition) is 3. The minimum Gasteiger partial charge on any atom is -0.493 e. The lowest BCUT2D eigenvalue weighted by Crippen LogP contribution is -2.18. The van der Waals surface area contributed by atoms with Crippen molar-refractivity contribution in [1.82, 2.24) is 4.90 Å². The van der Waals surface area contributed by atoms with Gasteiger partial charge < -0.3 is 15.4 Å². The highest BCUT2D eigenvalue weighted by Crippen LogP contribution is 2.29. The Labute approximate surface area is 107 Å². The molecule has 0 aliphatic carbocycles. The first kappa shape index (κ1) is 12.5. The Morgan fingerprint density at radius 1 is 1.53 bits per heavy atom. The lowest BCUT2D eigenvalue weighted by atomic mass is 10.1. The third-order valence-corrected chi connectivity index (χ3v) is 3.68. The van der Waals surface area contributed by atoms with E-state index < -0.39 is 0 Å². The number of likely N-dealkylation sites (tertiary alicyclic amines) is 1. The van der Waals surface area contributed by atoms with E-state index in [1.54, 1.807) is 6.07 Å². The first-order valence-electron chi connectivity index (χ1n) is 5.93. The highest BCUT2D eigenvalue weighted by Gasteiger charge is 2.20. The molecule has 1 saturated heterocycles. The molecule has 2 N–H and O–H groups in total. The first-order chi connectivity index (χ1) is 8.06. The number of anilines is 1. The number of benzene rings is 1. The van der Waals surface area contributed by atoms with E-state index in [0.29, 0.717) is 16.6 Å². The number of halogens is 1. The van der Waals surface area contributed by atoms with Crippen molar-refractivity contribution < 1.29 is 4.74 Å². The molecular weight excluding hydrogens is 236 g/mol. The van der Waals surface area contributed by atoms with Gasteiger partial charge in [-0.3, -0.25) is 0 Å². The fraction of sp³-hybridized carbons (Fsp3) is 0.538. The van der Waals surface area contributed by atoms with Crippen LogP contribution < -0.4 is 10.5 Å². The third kappa shape index (κ3) is 3.05. The molecule has 1 unspecified atom stereocenters. The molecule has 0 amide bonds. The maximum absolute atomic E-state index is 6.07. The van der Waals surface area contributed by atoms with E-state index in [4.69, 9.17) is 22.1 Å². The molecule has 0 saturated carbocycles. The average Bonchev–Trinajstić information content (AvgIpc) is 2.67. The first-order valence-corrected chi connectivity index (χ1v) is 6.31. The van der Waals surface area contributed by atoms with Crippen LogP contribution in [0.5, 0.6) is 5.75 Å². The molecule has 1 fully saturated rings. The van der Waals surface area contributed by atoms with Crippen LogP contribution in [0.1, 0.15) is 12.0 Å². The number of nitrogens with two attached hydrogens (primary N) is 1. The summed E-state index contributed by atoms with van der Waals surface area (Å²) in [6.07, 6.45) is 1.20. The number of rotatable bonds is 3. The van der Waals surface area contributed by atoms with Gasteiger partial charge in [-0.2, -0.15) is 0 Å². The second-order valence-corrected chi connectivity index (χ2v) is 5.26. The van der Waals surface area contributed by atoms with Crippen molar-refractivity contribution in [1.29, 1.82) is 0 Å². The van der Waals surface area contributed by atoms with Crippen molar-refractivity contribution in [3.05, 3.63) is 22.7 Å². The van der Waals surface area contributed by atoms with Gasteiger partial charge in [0.15, 0.2) is 0 Å². The number of hydrogen-bond donors (Lipinski definition) is 1. The van der Waals surface area contributed by atoms with E-state index in [9.17, 15) is 0 Å². The molecule has 1 aromatic rings. The average molecular weight is 255 g/mol. The second-order valence-electron chi connectivity index (χ2n) is 4.85. The van der Waals surface area contributed by atoms with Crippen molar-refractivity contribution in [3.63, 3.8) is 0 Å². The molecule has 1 aromatic carbocycles. The topological polar surface area (TPSA) is 38.5 Å². The summed E-state index contributed by atoms with van der Waals surface area (Å²) in [7, 11) is 2.14. The van der Waals surface area contributed by atoms with Gasteiger partial charge in [-0.05, 0) is 33.0 Å². The molecule has 0 radical (unpaired) electrons. The van der Waals surface area contributed by atoms with Crippen molar-refractivity contribution in [2.45, 2.75) is 13.3 Å². The Kier molecular flexibility index (Phi) is 3.79. The van der Waals surface area contributed by atoms with Crippen LogP contribution >= 0.6 is 11.6 Å². The fourth-order valence-electron chi connectivity index (χ4n) is 2.19. The molecule has 0 bridgehead atoms. The summed E-state index contributed by atoms with van der Waals surface area (Å²) in [6.45, 7) is 4.96. The Morgan fingerprint density at radius 2 is 2.29 bits per heavy atom. The maximum Gasteiger partial charge on any atom is 0.125 e. The zero-order valence-corrected chi connectivity index (χ0v) is 11.1. The predicted octanol–water partition coefficient (Wildman–Crippen LogP) is 2.56. The zero-order valence-electron chi connectivity index (χ0n) is 10.4. The number of ether oxygens (including phenoxy) is 1. The highest BCUT2D eigenvalue weighted by molar-refractivity contribution is 6.31. The maximum atomic E-state index is 6.07. The summed E-state index contributed by atoms with van der Waals surface area (Å²) >= 11 is 6.07. The smallest absolute Gasteiger partial charge is 0.125 e. The molecule has 1 atom stereocenters. The monoisotopic (exact) mass is 254 g/mol. The van der Waals surface area contributed by atoms with Gasteiger partial charge in [0.25, 0.3) is 0 Å². The Balaban J connectivity index is 1.99. The standard InChI is InChI=1S/C13H19ClN2O/c1-9-12(14)5-11(15)6-13(9)17-8-10-3-4-16(2)7-10/h5-6,10H,3-4,7-8,15H2,1-2H3. The minimum atomic E-state index is 0.611. The van der Waals surface area contributed by atoms with Crippen LogP contribution in [-0.4, -0.2) is 31.6 Å². The minimum absolute atomic E-state index is 0.611. The Hall–Kier alpha value is -0.930. The van der Waals surface area contributed by atoms with Crippen LogP contribution in [0.25, 0.3) is 0 Å².